The molecule has 1 aromatic carbocycles. The van der Waals surface area contributed by atoms with E-state index in [0.29, 0.717) is 16.4 Å². The second-order valence-corrected chi connectivity index (χ2v) is 8.28. The molecule has 108 valence electrons. The van der Waals surface area contributed by atoms with Gasteiger partial charge in [-0.05, 0) is 49.9 Å². The maximum absolute atomic E-state index is 12.3. The largest absolute Gasteiger partial charge is 0.315 e. The summed E-state index contributed by atoms with van der Waals surface area (Å²) in [5, 5.41) is 3.04. The molecule has 0 atom stereocenters. The van der Waals surface area contributed by atoms with Crippen LogP contribution >= 0.6 is 27.3 Å². The molecule has 0 radical (unpaired) electrons. The molecule has 2 N–H and O–H groups in total. The van der Waals surface area contributed by atoms with Crippen molar-refractivity contribution in [2.75, 3.05) is 11.8 Å². The van der Waals surface area contributed by atoms with Gasteiger partial charge in [0.1, 0.15) is 4.21 Å². The van der Waals surface area contributed by atoms with Crippen LogP contribution in [0.3, 0.4) is 0 Å². The van der Waals surface area contributed by atoms with Gasteiger partial charge < -0.3 is 5.32 Å². The lowest BCUT2D eigenvalue weighted by atomic mass is 10.3. The van der Waals surface area contributed by atoms with Crippen LogP contribution in [0.2, 0.25) is 0 Å². The number of hydrogen-bond donors (Lipinski definition) is 2. The summed E-state index contributed by atoms with van der Waals surface area (Å²) in [6.07, 6.45) is 0. The number of hydrogen-bond acceptors (Lipinski definition) is 4. The number of anilines is 1. The van der Waals surface area contributed by atoms with E-state index >= 15 is 0 Å². The molecule has 0 amide bonds. The van der Waals surface area contributed by atoms with E-state index in [2.05, 4.69) is 26.0 Å². The van der Waals surface area contributed by atoms with Crippen LogP contribution in [-0.4, -0.2) is 15.5 Å². The maximum Gasteiger partial charge on any atom is 0.271 e. The summed E-state index contributed by atoms with van der Waals surface area (Å²) in [6.45, 7) is 2.59. The van der Waals surface area contributed by atoms with Gasteiger partial charge in [0.2, 0.25) is 0 Å². The van der Waals surface area contributed by atoms with Gasteiger partial charge >= 0.3 is 0 Å². The first-order chi connectivity index (χ1) is 9.42. The molecule has 2 aromatic rings. The summed E-state index contributed by atoms with van der Waals surface area (Å²) in [6, 6.07) is 8.74. The van der Waals surface area contributed by atoms with Crippen LogP contribution in [-0.2, 0) is 16.6 Å². The zero-order chi connectivity index (χ0) is 14.8. The van der Waals surface area contributed by atoms with Gasteiger partial charge in [0.25, 0.3) is 10.0 Å². The number of rotatable bonds is 5. The Morgan fingerprint density at radius 2 is 1.90 bits per heavy atom. The summed E-state index contributed by atoms with van der Waals surface area (Å²) >= 11 is 4.61. The highest BCUT2D eigenvalue weighted by Gasteiger charge is 2.18. The SMILES string of the molecule is CNCc1sc(S(=O)(=O)Nc2ccc(Br)cc2)cc1C. The molecule has 4 nitrogen and oxygen atoms in total. The van der Waals surface area contributed by atoms with Crippen LogP contribution in [0.15, 0.2) is 39.0 Å². The smallest absolute Gasteiger partial charge is 0.271 e. The number of sulfonamides is 1. The Morgan fingerprint density at radius 3 is 2.50 bits per heavy atom. The lowest BCUT2D eigenvalue weighted by Crippen LogP contribution is -2.11. The monoisotopic (exact) mass is 374 g/mol. The average Bonchev–Trinajstić information content (AvgIpc) is 2.75. The van der Waals surface area contributed by atoms with Crippen LogP contribution in [0.1, 0.15) is 10.4 Å². The van der Waals surface area contributed by atoms with E-state index < -0.39 is 10.0 Å². The molecule has 0 fully saturated rings. The topological polar surface area (TPSA) is 58.2 Å². The Kier molecular flexibility index (Phi) is 4.85. The molecule has 0 saturated heterocycles. The van der Waals surface area contributed by atoms with Gasteiger partial charge in [-0.15, -0.1) is 11.3 Å². The molecule has 0 spiro atoms. The molecule has 1 heterocycles. The van der Waals surface area contributed by atoms with Gasteiger partial charge in [0.05, 0.1) is 0 Å². The van der Waals surface area contributed by atoms with Gasteiger partial charge in [-0.3, -0.25) is 4.72 Å². The van der Waals surface area contributed by atoms with Crippen molar-refractivity contribution in [1.82, 2.24) is 5.32 Å². The van der Waals surface area contributed by atoms with Gasteiger partial charge in [0.15, 0.2) is 0 Å². The van der Waals surface area contributed by atoms with E-state index in [0.717, 1.165) is 14.9 Å². The van der Waals surface area contributed by atoms with E-state index in [4.69, 9.17) is 0 Å². The van der Waals surface area contributed by atoms with Crippen molar-refractivity contribution in [3.8, 4) is 0 Å². The molecule has 1 aromatic heterocycles. The normalized spacial score (nSPS) is 11.6. The number of nitrogens with one attached hydrogen (secondary N) is 2. The standard InChI is InChI=1S/C13H15BrN2O2S2/c1-9-7-13(19-12(9)8-15-2)20(17,18)16-11-5-3-10(14)4-6-11/h3-7,15-16H,8H2,1-2H3. The predicted octanol–water partition coefficient (Wildman–Crippen LogP) is 3.34. The lowest BCUT2D eigenvalue weighted by molar-refractivity contribution is 0.603. The van der Waals surface area contributed by atoms with Crippen molar-refractivity contribution < 1.29 is 8.42 Å². The van der Waals surface area contributed by atoms with Crippen LogP contribution in [0.25, 0.3) is 0 Å². The third-order valence-electron chi connectivity index (χ3n) is 2.70. The molecule has 7 heteroatoms. The second kappa shape index (κ2) is 6.26. The van der Waals surface area contributed by atoms with Crippen molar-refractivity contribution in [2.24, 2.45) is 0 Å². The summed E-state index contributed by atoms with van der Waals surface area (Å²) in [4.78, 5) is 1.03. The van der Waals surface area contributed by atoms with Crippen molar-refractivity contribution >= 4 is 43.0 Å². The fraction of sp³-hybridized carbons (Fsp3) is 0.231. The van der Waals surface area contributed by atoms with E-state index in [1.165, 1.54) is 11.3 Å². The third-order valence-corrected chi connectivity index (χ3v) is 6.32. The van der Waals surface area contributed by atoms with Crippen LogP contribution in [0.5, 0.6) is 0 Å². The molecule has 0 aliphatic carbocycles. The lowest BCUT2D eigenvalue weighted by Gasteiger charge is -2.06. The first kappa shape index (κ1) is 15.5. The first-order valence-electron chi connectivity index (χ1n) is 5.94. The maximum atomic E-state index is 12.3. The summed E-state index contributed by atoms with van der Waals surface area (Å²) in [5.41, 5.74) is 1.54. The molecule has 20 heavy (non-hydrogen) atoms. The molecular weight excluding hydrogens is 360 g/mol. The van der Waals surface area contributed by atoms with Gasteiger partial charge in [-0.1, -0.05) is 15.9 Å². The number of thiophene rings is 1. The summed E-state index contributed by atoms with van der Waals surface area (Å²) in [5.74, 6) is 0. The minimum Gasteiger partial charge on any atom is -0.315 e. The molecule has 0 saturated carbocycles. The highest BCUT2D eigenvalue weighted by Crippen LogP contribution is 2.27. The highest BCUT2D eigenvalue weighted by atomic mass is 79.9. The zero-order valence-electron chi connectivity index (χ0n) is 11.1. The Morgan fingerprint density at radius 1 is 1.25 bits per heavy atom. The Balaban J connectivity index is 2.26. The molecule has 0 unspecified atom stereocenters. The van der Waals surface area contributed by atoms with E-state index in [1.54, 1.807) is 30.3 Å². The number of aryl methyl sites for hydroxylation is 1. The first-order valence-corrected chi connectivity index (χ1v) is 9.04. The van der Waals surface area contributed by atoms with Gasteiger partial charge in [0, 0.05) is 21.6 Å². The van der Waals surface area contributed by atoms with Gasteiger partial charge in [-0.2, -0.15) is 0 Å². The molecule has 0 bridgehead atoms. The van der Waals surface area contributed by atoms with Crippen LogP contribution in [0.4, 0.5) is 5.69 Å². The molecule has 2 rings (SSSR count). The van der Waals surface area contributed by atoms with Gasteiger partial charge in [-0.25, -0.2) is 8.42 Å². The Hall–Kier alpha value is -0.890. The van der Waals surface area contributed by atoms with E-state index in [1.807, 2.05) is 14.0 Å². The number of halogens is 1. The second-order valence-electron chi connectivity index (χ2n) is 4.31. The molecular formula is C13H15BrN2O2S2. The molecule has 0 aliphatic heterocycles. The van der Waals surface area contributed by atoms with E-state index in [-0.39, 0.29) is 0 Å². The fourth-order valence-electron chi connectivity index (χ4n) is 1.68. The zero-order valence-corrected chi connectivity index (χ0v) is 14.3. The number of benzene rings is 1. The van der Waals surface area contributed by atoms with E-state index in [9.17, 15) is 8.42 Å². The minimum atomic E-state index is -3.52. The molecule has 0 aliphatic rings. The Labute approximate surface area is 131 Å². The van der Waals surface area contributed by atoms with Crippen molar-refractivity contribution in [3.63, 3.8) is 0 Å². The third kappa shape index (κ3) is 3.60. The summed E-state index contributed by atoms with van der Waals surface area (Å²) in [7, 11) is -1.68. The van der Waals surface area contributed by atoms with Crippen molar-refractivity contribution in [2.45, 2.75) is 17.7 Å². The average molecular weight is 375 g/mol. The Bertz CT molecular complexity index is 694. The quantitative estimate of drug-likeness (QED) is 0.843. The minimum absolute atomic E-state index is 0.336. The summed E-state index contributed by atoms with van der Waals surface area (Å²) < 4.78 is 28.5. The fourth-order valence-corrected chi connectivity index (χ4v) is 4.60. The predicted molar refractivity (Wildman–Crippen MR) is 86.8 cm³/mol. The highest BCUT2D eigenvalue weighted by molar-refractivity contribution is 9.10. The van der Waals surface area contributed by atoms with Crippen LogP contribution in [0, 0.1) is 6.92 Å². The van der Waals surface area contributed by atoms with Crippen LogP contribution < -0.4 is 10.0 Å². The van der Waals surface area contributed by atoms with Crippen molar-refractivity contribution in [3.05, 3.63) is 45.2 Å². The van der Waals surface area contributed by atoms with Crippen molar-refractivity contribution in [1.29, 1.82) is 0 Å².